The minimum atomic E-state index is 0.683. The third-order valence-corrected chi connectivity index (χ3v) is 5.98. The minimum Gasteiger partial charge on any atom is -0.264 e. The Hall–Kier alpha value is -0.490. The molecule has 0 saturated heterocycles. The quantitative estimate of drug-likeness (QED) is 0.668. The molecule has 0 radical (unpaired) electrons. The van der Waals surface area contributed by atoms with Gasteiger partial charge in [-0.15, -0.1) is 11.3 Å². The van der Waals surface area contributed by atoms with Crippen molar-refractivity contribution in [1.29, 1.82) is 0 Å². The molecule has 2 aromatic rings. The standard InChI is InChI=1S/C15H17IN2S/c1-10-7-8-17-9-12(10)15-18-13(14(16)19-15)11-5-3-2-4-6-11/h7-9,11H,2-6H2,1H3. The average molecular weight is 384 g/mol. The van der Waals surface area contributed by atoms with Crippen LogP contribution in [0.4, 0.5) is 0 Å². The first kappa shape index (κ1) is 13.5. The van der Waals surface area contributed by atoms with Crippen molar-refractivity contribution >= 4 is 33.9 Å². The molecule has 0 atom stereocenters. The Morgan fingerprint density at radius 1 is 1.26 bits per heavy atom. The highest BCUT2D eigenvalue weighted by atomic mass is 127. The molecule has 0 aliphatic heterocycles. The van der Waals surface area contributed by atoms with Crippen LogP contribution in [0.1, 0.15) is 49.3 Å². The van der Waals surface area contributed by atoms with E-state index in [1.165, 1.54) is 51.8 Å². The predicted octanol–water partition coefficient (Wildman–Crippen LogP) is 5.17. The van der Waals surface area contributed by atoms with Gasteiger partial charge in [0.15, 0.2) is 0 Å². The van der Waals surface area contributed by atoms with E-state index in [-0.39, 0.29) is 0 Å². The third kappa shape index (κ3) is 2.84. The smallest absolute Gasteiger partial charge is 0.126 e. The fourth-order valence-corrected chi connectivity index (χ4v) is 4.89. The normalized spacial score (nSPS) is 16.7. The molecular formula is C15H17IN2S. The van der Waals surface area contributed by atoms with Crippen LogP contribution in [0.5, 0.6) is 0 Å². The van der Waals surface area contributed by atoms with Gasteiger partial charge in [0, 0.05) is 23.9 Å². The fraction of sp³-hybridized carbons (Fsp3) is 0.467. The van der Waals surface area contributed by atoms with Crippen LogP contribution in [0.3, 0.4) is 0 Å². The molecule has 0 aromatic carbocycles. The summed E-state index contributed by atoms with van der Waals surface area (Å²) in [7, 11) is 0. The number of pyridine rings is 1. The van der Waals surface area contributed by atoms with Gasteiger partial charge in [-0.25, -0.2) is 4.98 Å². The maximum Gasteiger partial charge on any atom is 0.126 e. The second kappa shape index (κ2) is 5.87. The van der Waals surface area contributed by atoms with E-state index < -0.39 is 0 Å². The van der Waals surface area contributed by atoms with Gasteiger partial charge in [0.25, 0.3) is 0 Å². The number of thiazole rings is 1. The lowest BCUT2D eigenvalue weighted by atomic mass is 9.87. The van der Waals surface area contributed by atoms with E-state index in [9.17, 15) is 0 Å². The molecule has 3 rings (SSSR count). The summed E-state index contributed by atoms with van der Waals surface area (Å²) < 4.78 is 1.36. The first-order valence-electron chi connectivity index (χ1n) is 6.83. The zero-order valence-corrected chi connectivity index (χ0v) is 14.0. The van der Waals surface area contributed by atoms with Crippen molar-refractivity contribution in [2.24, 2.45) is 0 Å². The van der Waals surface area contributed by atoms with E-state index in [4.69, 9.17) is 4.98 Å². The summed E-state index contributed by atoms with van der Waals surface area (Å²) in [6.45, 7) is 2.13. The molecule has 19 heavy (non-hydrogen) atoms. The van der Waals surface area contributed by atoms with E-state index in [2.05, 4.69) is 40.6 Å². The van der Waals surface area contributed by atoms with Gasteiger partial charge in [0.05, 0.1) is 8.58 Å². The Balaban J connectivity index is 1.95. The molecule has 2 heterocycles. The van der Waals surface area contributed by atoms with Crippen LogP contribution in [-0.4, -0.2) is 9.97 Å². The van der Waals surface area contributed by atoms with Crippen molar-refractivity contribution < 1.29 is 0 Å². The lowest BCUT2D eigenvalue weighted by molar-refractivity contribution is 0.437. The second-order valence-corrected chi connectivity index (χ2v) is 8.01. The molecule has 2 aromatic heterocycles. The maximum atomic E-state index is 4.94. The van der Waals surface area contributed by atoms with Crippen LogP contribution in [0.15, 0.2) is 18.5 Å². The molecule has 4 heteroatoms. The molecule has 0 N–H and O–H groups in total. The van der Waals surface area contributed by atoms with Crippen molar-refractivity contribution in [3.63, 3.8) is 0 Å². The first-order chi connectivity index (χ1) is 9.25. The molecule has 0 bridgehead atoms. The molecule has 100 valence electrons. The number of rotatable bonds is 2. The number of hydrogen-bond donors (Lipinski definition) is 0. The van der Waals surface area contributed by atoms with Crippen molar-refractivity contribution in [3.05, 3.63) is 32.6 Å². The minimum absolute atomic E-state index is 0.683. The highest BCUT2D eigenvalue weighted by Crippen LogP contribution is 2.39. The lowest BCUT2D eigenvalue weighted by Gasteiger charge is -2.20. The van der Waals surface area contributed by atoms with Gasteiger partial charge in [-0.1, -0.05) is 19.3 Å². The molecule has 1 aliphatic carbocycles. The number of aryl methyl sites for hydroxylation is 1. The molecule has 1 fully saturated rings. The van der Waals surface area contributed by atoms with Gasteiger partial charge in [0.2, 0.25) is 0 Å². The van der Waals surface area contributed by atoms with E-state index >= 15 is 0 Å². The van der Waals surface area contributed by atoms with Crippen molar-refractivity contribution in [2.45, 2.75) is 44.9 Å². The maximum absolute atomic E-state index is 4.94. The topological polar surface area (TPSA) is 25.8 Å². The average Bonchev–Trinajstić information content (AvgIpc) is 2.82. The zero-order valence-electron chi connectivity index (χ0n) is 11.0. The van der Waals surface area contributed by atoms with E-state index in [0.29, 0.717) is 5.92 Å². The Bertz CT molecular complexity index is 573. The van der Waals surface area contributed by atoms with Crippen molar-refractivity contribution in [3.8, 4) is 10.6 Å². The number of aromatic nitrogens is 2. The van der Waals surface area contributed by atoms with Gasteiger partial charge in [-0.3, -0.25) is 4.98 Å². The molecular weight excluding hydrogens is 367 g/mol. The number of halogens is 1. The molecule has 0 amide bonds. The zero-order chi connectivity index (χ0) is 13.2. The van der Waals surface area contributed by atoms with E-state index in [1.54, 1.807) is 0 Å². The highest BCUT2D eigenvalue weighted by molar-refractivity contribution is 14.1. The SMILES string of the molecule is Cc1ccncc1-c1nc(C2CCCCC2)c(I)s1. The Labute approximate surface area is 131 Å². The highest BCUT2D eigenvalue weighted by Gasteiger charge is 2.22. The lowest BCUT2D eigenvalue weighted by Crippen LogP contribution is -2.06. The summed E-state index contributed by atoms with van der Waals surface area (Å²) in [5.74, 6) is 0.683. The Morgan fingerprint density at radius 3 is 2.79 bits per heavy atom. The Morgan fingerprint density at radius 2 is 2.05 bits per heavy atom. The molecule has 1 aliphatic rings. The van der Waals surface area contributed by atoms with Crippen LogP contribution in [-0.2, 0) is 0 Å². The molecule has 0 spiro atoms. The van der Waals surface area contributed by atoms with Crippen molar-refractivity contribution in [2.75, 3.05) is 0 Å². The largest absolute Gasteiger partial charge is 0.264 e. The number of nitrogens with zero attached hydrogens (tertiary/aromatic N) is 2. The van der Waals surface area contributed by atoms with Crippen LogP contribution >= 0.6 is 33.9 Å². The van der Waals surface area contributed by atoms with Crippen LogP contribution in [0.25, 0.3) is 10.6 Å². The van der Waals surface area contributed by atoms with Gasteiger partial charge >= 0.3 is 0 Å². The van der Waals surface area contributed by atoms with E-state index in [1.807, 2.05) is 23.7 Å². The Kier molecular flexibility index (Phi) is 4.17. The van der Waals surface area contributed by atoms with Crippen LogP contribution in [0.2, 0.25) is 0 Å². The summed E-state index contributed by atoms with van der Waals surface area (Å²) in [4.78, 5) is 9.17. The summed E-state index contributed by atoms with van der Waals surface area (Å²) in [6.07, 6.45) is 10.5. The third-order valence-electron chi connectivity index (χ3n) is 3.87. The van der Waals surface area contributed by atoms with Crippen molar-refractivity contribution in [1.82, 2.24) is 9.97 Å². The molecule has 2 nitrogen and oxygen atoms in total. The van der Waals surface area contributed by atoms with Gasteiger partial charge in [-0.2, -0.15) is 0 Å². The second-order valence-electron chi connectivity index (χ2n) is 5.20. The van der Waals surface area contributed by atoms with Crippen LogP contribution in [0, 0.1) is 9.81 Å². The fourth-order valence-electron chi connectivity index (χ4n) is 2.74. The van der Waals surface area contributed by atoms with Crippen LogP contribution < -0.4 is 0 Å². The van der Waals surface area contributed by atoms with Gasteiger partial charge < -0.3 is 0 Å². The van der Waals surface area contributed by atoms with Gasteiger partial charge in [0.1, 0.15) is 5.01 Å². The number of hydrogen-bond acceptors (Lipinski definition) is 3. The molecule has 0 unspecified atom stereocenters. The summed E-state index contributed by atoms with van der Waals surface area (Å²) in [6, 6.07) is 2.06. The summed E-state index contributed by atoms with van der Waals surface area (Å²) >= 11 is 4.27. The first-order valence-corrected chi connectivity index (χ1v) is 8.72. The monoisotopic (exact) mass is 384 g/mol. The van der Waals surface area contributed by atoms with E-state index in [0.717, 1.165) is 5.01 Å². The predicted molar refractivity (Wildman–Crippen MR) is 88.6 cm³/mol. The van der Waals surface area contributed by atoms with Gasteiger partial charge in [-0.05, 0) is 54.0 Å². The molecule has 1 saturated carbocycles. The summed E-state index contributed by atoms with van der Waals surface area (Å²) in [5, 5.41) is 1.13. The summed E-state index contributed by atoms with van der Waals surface area (Å²) in [5.41, 5.74) is 3.78.